The number of terminal acetylenes is 1. The van der Waals surface area contributed by atoms with Gasteiger partial charge in [0.2, 0.25) is 0 Å². The van der Waals surface area contributed by atoms with Gasteiger partial charge in [0.05, 0.1) is 24.1 Å². The Hall–Kier alpha value is -4.14. The number of hydrogen-bond donors (Lipinski definition) is 2. The zero-order valence-corrected chi connectivity index (χ0v) is 25.7. The minimum atomic E-state index is -1.57. The molecule has 3 aliphatic rings. The Morgan fingerprint density at radius 1 is 1.11 bits per heavy atom. The van der Waals surface area contributed by atoms with Gasteiger partial charge in [-0.2, -0.15) is 9.97 Å². The molecule has 240 valence electrons. The predicted octanol–water partition coefficient (Wildman–Crippen LogP) is 5.75. The Bertz CT molecular complexity index is 1880. The number of rotatable bonds is 6. The van der Waals surface area contributed by atoms with Crippen LogP contribution in [0.5, 0.6) is 11.8 Å². The minimum absolute atomic E-state index is 0.0303. The number of halogens is 3. The summed E-state index contributed by atoms with van der Waals surface area (Å²) in [5.74, 6) is 0.960. The first-order valence-corrected chi connectivity index (χ1v) is 15.8. The molecule has 7 rings (SSSR count). The highest BCUT2D eigenvalue weighted by molar-refractivity contribution is 6.03. The molecule has 2 aromatic carbocycles. The molecule has 46 heavy (non-hydrogen) atoms. The van der Waals surface area contributed by atoms with Crippen molar-refractivity contribution in [2.24, 2.45) is 5.41 Å². The van der Waals surface area contributed by atoms with Crippen LogP contribution in [-0.4, -0.2) is 81.7 Å². The average Bonchev–Trinajstić information content (AvgIpc) is 3.49. The number of anilines is 1. The van der Waals surface area contributed by atoms with Gasteiger partial charge in [-0.1, -0.05) is 18.4 Å². The molecule has 2 saturated heterocycles. The highest BCUT2D eigenvalue weighted by atomic mass is 19.1. The molecule has 0 spiro atoms. The van der Waals surface area contributed by atoms with Crippen molar-refractivity contribution in [1.29, 1.82) is 0 Å². The van der Waals surface area contributed by atoms with Gasteiger partial charge in [0, 0.05) is 35.1 Å². The number of aromatic hydroxyl groups is 1. The van der Waals surface area contributed by atoms with Gasteiger partial charge < -0.3 is 24.7 Å². The number of piperidine rings is 2. The Morgan fingerprint density at radius 2 is 1.91 bits per heavy atom. The average molecular weight is 632 g/mol. The molecule has 0 bridgehead atoms. The summed E-state index contributed by atoms with van der Waals surface area (Å²) in [4.78, 5) is 17.8. The summed E-state index contributed by atoms with van der Waals surface area (Å²) in [6.07, 6.45) is 13.1. The number of phenols is 1. The number of pyridine rings is 1. The monoisotopic (exact) mass is 631 g/mol. The van der Waals surface area contributed by atoms with E-state index in [1.807, 2.05) is 0 Å². The lowest BCUT2D eigenvalue weighted by molar-refractivity contribution is 0.00288. The lowest BCUT2D eigenvalue weighted by atomic mass is 9.76. The van der Waals surface area contributed by atoms with Crippen molar-refractivity contribution in [2.75, 3.05) is 44.9 Å². The molecule has 0 amide bonds. The fourth-order valence-corrected chi connectivity index (χ4v) is 8.05. The van der Waals surface area contributed by atoms with Crippen molar-refractivity contribution in [1.82, 2.24) is 19.9 Å². The maximum atomic E-state index is 16.8. The van der Waals surface area contributed by atoms with Gasteiger partial charge >= 0.3 is 6.01 Å². The third kappa shape index (κ3) is 5.08. The van der Waals surface area contributed by atoms with E-state index in [1.54, 1.807) is 4.90 Å². The summed E-state index contributed by atoms with van der Waals surface area (Å²) in [6.45, 7) is 0.879. The number of benzene rings is 2. The highest BCUT2D eigenvalue weighted by Crippen LogP contribution is 2.47. The van der Waals surface area contributed by atoms with E-state index in [4.69, 9.17) is 16.1 Å². The molecule has 3 unspecified atom stereocenters. The number of ether oxygens (including phenoxy) is 1. The van der Waals surface area contributed by atoms with Gasteiger partial charge in [-0.3, -0.25) is 4.98 Å². The van der Waals surface area contributed by atoms with Crippen molar-refractivity contribution >= 4 is 27.5 Å². The molecule has 8 nitrogen and oxygen atoms in total. The summed E-state index contributed by atoms with van der Waals surface area (Å²) < 4.78 is 51.9. The molecule has 1 saturated carbocycles. The van der Waals surface area contributed by atoms with Crippen molar-refractivity contribution in [3.8, 4) is 35.4 Å². The topological polar surface area (TPSA) is 94.8 Å². The van der Waals surface area contributed by atoms with Gasteiger partial charge in [-0.05, 0) is 75.7 Å². The molecule has 2 N–H and O–H groups in total. The maximum Gasteiger partial charge on any atom is 0.319 e. The van der Waals surface area contributed by atoms with E-state index in [-0.39, 0.29) is 62.6 Å². The smallest absolute Gasteiger partial charge is 0.319 e. The molecule has 2 aromatic heterocycles. The van der Waals surface area contributed by atoms with Gasteiger partial charge in [0.15, 0.2) is 5.82 Å². The molecule has 3 atom stereocenters. The summed E-state index contributed by atoms with van der Waals surface area (Å²) in [6, 6.07) is 5.72. The first-order chi connectivity index (χ1) is 22.1. The summed E-state index contributed by atoms with van der Waals surface area (Å²) >= 11 is 0. The lowest BCUT2D eigenvalue weighted by Gasteiger charge is -2.44. The van der Waals surface area contributed by atoms with Crippen LogP contribution in [-0.2, 0) is 0 Å². The number of aliphatic hydroxyl groups is 1. The van der Waals surface area contributed by atoms with Crippen molar-refractivity contribution < 1.29 is 28.1 Å². The fraction of sp³-hybridized carbons (Fsp3) is 0.457. The number of alkyl halides is 1. The molecule has 4 heterocycles. The fourth-order valence-electron chi connectivity index (χ4n) is 8.05. The molecule has 1 aliphatic carbocycles. The summed E-state index contributed by atoms with van der Waals surface area (Å²) in [5.41, 5.74) is -1.90. The molecule has 11 heteroatoms. The largest absolute Gasteiger partial charge is 0.508 e. The molecule has 0 radical (unpaired) electrons. The molecule has 2 aliphatic heterocycles. The van der Waals surface area contributed by atoms with Crippen LogP contribution in [0.3, 0.4) is 0 Å². The summed E-state index contributed by atoms with van der Waals surface area (Å²) in [7, 11) is 2.14. The van der Waals surface area contributed by atoms with Crippen LogP contribution < -0.4 is 9.64 Å². The van der Waals surface area contributed by atoms with E-state index < -0.39 is 23.9 Å². The normalized spacial score (nSPS) is 25.1. The van der Waals surface area contributed by atoms with Crippen LogP contribution in [0.15, 0.2) is 30.5 Å². The summed E-state index contributed by atoms with van der Waals surface area (Å²) in [5, 5.41) is 22.3. The molecular weight excluding hydrogens is 595 g/mol. The van der Waals surface area contributed by atoms with Gasteiger partial charge in [0.1, 0.15) is 40.9 Å². The van der Waals surface area contributed by atoms with Crippen LogP contribution in [0.1, 0.15) is 50.5 Å². The second kappa shape index (κ2) is 11.6. The number of hydrogen-bond acceptors (Lipinski definition) is 8. The van der Waals surface area contributed by atoms with Crippen LogP contribution in [0, 0.1) is 29.4 Å². The predicted molar refractivity (Wildman–Crippen MR) is 170 cm³/mol. The second-order valence-electron chi connectivity index (χ2n) is 13.2. The van der Waals surface area contributed by atoms with E-state index in [0.717, 1.165) is 38.6 Å². The Balaban J connectivity index is 1.38. The Labute approximate surface area is 265 Å². The number of phenolic OH excluding ortho intramolecular Hbond substituents is 1. The number of fused-ring (bicyclic) bond motifs is 3. The third-order valence-corrected chi connectivity index (χ3v) is 10.3. The number of likely N-dealkylation sites (tertiary alicyclic amines) is 1. The van der Waals surface area contributed by atoms with E-state index in [9.17, 15) is 19.0 Å². The zero-order valence-electron chi connectivity index (χ0n) is 25.7. The van der Waals surface area contributed by atoms with Gasteiger partial charge in [0.25, 0.3) is 0 Å². The zero-order chi connectivity index (χ0) is 32.2. The van der Waals surface area contributed by atoms with Crippen molar-refractivity contribution in [3.05, 3.63) is 47.7 Å². The molecule has 4 aromatic rings. The van der Waals surface area contributed by atoms with Crippen molar-refractivity contribution in [2.45, 2.75) is 56.6 Å². The SMILES string of the molecule is C#Cc1c(F)ccc2cc(O)cc(-c3ncc4c(N5CCCC(O)(CF)C5)nc(OCC56CCCC5N(C)CCC6)nc4c3F)c12. The van der Waals surface area contributed by atoms with Gasteiger partial charge in [-0.15, -0.1) is 6.42 Å². The van der Waals surface area contributed by atoms with E-state index in [0.29, 0.717) is 37.4 Å². The van der Waals surface area contributed by atoms with E-state index >= 15 is 4.39 Å². The third-order valence-electron chi connectivity index (χ3n) is 10.3. The van der Waals surface area contributed by atoms with E-state index in [1.165, 1.54) is 30.5 Å². The number of β-amino-alcohol motifs (C(OH)–C–C–N with tert-alkyl or cyclic N) is 1. The quantitative estimate of drug-likeness (QED) is 0.260. The van der Waals surface area contributed by atoms with E-state index in [2.05, 4.69) is 27.8 Å². The standard InChI is InChI=1S/C35H36F3N5O3/c1-3-23-26(37)9-8-21-15-22(44)16-24(28(21)23)30-29(38)31-25(17-39-30)32(43-14-6-12-35(45,18-36)19-43)41-33(40-31)46-20-34-10-4-7-27(34)42(2)13-5-11-34/h1,8-9,15-17,27,44-45H,4-7,10-14,18-20H2,2H3. The Morgan fingerprint density at radius 3 is 2.72 bits per heavy atom. The van der Waals surface area contributed by atoms with Gasteiger partial charge in [-0.25, -0.2) is 13.2 Å². The first kappa shape index (κ1) is 30.5. The first-order valence-electron chi connectivity index (χ1n) is 15.8. The Kier molecular flexibility index (Phi) is 7.68. The lowest BCUT2D eigenvalue weighted by Crippen LogP contribution is -2.50. The van der Waals surface area contributed by atoms with Crippen LogP contribution in [0.25, 0.3) is 32.9 Å². The number of nitrogens with zero attached hydrogens (tertiary/aromatic N) is 5. The van der Waals surface area contributed by atoms with Crippen LogP contribution in [0.2, 0.25) is 0 Å². The van der Waals surface area contributed by atoms with Crippen molar-refractivity contribution in [3.63, 3.8) is 0 Å². The maximum absolute atomic E-state index is 16.8. The minimum Gasteiger partial charge on any atom is -0.508 e. The molecular formula is C35H36F3N5O3. The highest BCUT2D eigenvalue weighted by Gasteiger charge is 2.47. The van der Waals surface area contributed by atoms with Crippen LogP contribution in [0.4, 0.5) is 19.0 Å². The molecule has 3 fully saturated rings. The second-order valence-corrected chi connectivity index (χ2v) is 13.2. The van der Waals surface area contributed by atoms with Crippen LogP contribution >= 0.6 is 0 Å². The number of aromatic nitrogens is 3.